The molecule has 0 aliphatic rings. The first-order chi connectivity index (χ1) is 10.3. The van der Waals surface area contributed by atoms with Crippen LogP contribution in [0.1, 0.15) is 0 Å². The maximum absolute atomic E-state index is 5.23. The molecule has 0 spiro atoms. The average molecular weight is 295 g/mol. The molecule has 2 aromatic carbocycles. The summed E-state index contributed by atoms with van der Waals surface area (Å²) in [5, 5.41) is 4.46. The van der Waals surface area contributed by atoms with Crippen molar-refractivity contribution >= 4 is 39.7 Å². The van der Waals surface area contributed by atoms with Gasteiger partial charge in [0.1, 0.15) is 6.33 Å². The second-order valence-electron chi connectivity index (χ2n) is 4.31. The SMILES string of the molecule is S=C(NNc1ncnc2ccccc12)Nc1ccccc1. The lowest BCUT2D eigenvalue weighted by molar-refractivity contribution is 1.09. The number of aromatic nitrogens is 2. The maximum atomic E-state index is 5.23. The molecule has 0 fully saturated rings. The Morgan fingerprint density at radius 2 is 1.67 bits per heavy atom. The molecule has 21 heavy (non-hydrogen) atoms. The van der Waals surface area contributed by atoms with E-state index in [0.29, 0.717) is 10.9 Å². The van der Waals surface area contributed by atoms with Crippen molar-refractivity contribution in [3.8, 4) is 0 Å². The van der Waals surface area contributed by atoms with Crippen molar-refractivity contribution in [3.63, 3.8) is 0 Å². The van der Waals surface area contributed by atoms with Crippen LogP contribution in [-0.4, -0.2) is 15.1 Å². The number of nitrogens with zero attached hydrogens (tertiary/aromatic N) is 2. The summed E-state index contributed by atoms with van der Waals surface area (Å²) in [6.07, 6.45) is 1.51. The minimum absolute atomic E-state index is 0.462. The van der Waals surface area contributed by atoms with Crippen LogP contribution in [0.4, 0.5) is 11.5 Å². The molecule has 3 rings (SSSR count). The quantitative estimate of drug-likeness (QED) is 0.510. The van der Waals surface area contributed by atoms with Crippen LogP contribution in [0.2, 0.25) is 0 Å². The van der Waals surface area contributed by atoms with Gasteiger partial charge in [-0.15, -0.1) is 0 Å². The lowest BCUT2D eigenvalue weighted by Gasteiger charge is -2.12. The highest BCUT2D eigenvalue weighted by molar-refractivity contribution is 7.80. The molecule has 3 aromatic rings. The van der Waals surface area contributed by atoms with Crippen molar-refractivity contribution in [2.24, 2.45) is 0 Å². The fraction of sp³-hybridized carbons (Fsp3) is 0. The number of thiocarbonyl (C=S) groups is 1. The van der Waals surface area contributed by atoms with Crippen molar-refractivity contribution < 1.29 is 0 Å². The van der Waals surface area contributed by atoms with Crippen molar-refractivity contribution in [2.45, 2.75) is 0 Å². The van der Waals surface area contributed by atoms with E-state index in [-0.39, 0.29) is 0 Å². The minimum Gasteiger partial charge on any atom is -0.331 e. The third kappa shape index (κ3) is 3.24. The van der Waals surface area contributed by atoms with Gasteiger partial charge in [-0.3, -0.25) is 10.9 Å². The molecule has 0 atom stereocenters. The summed E-state index contributed by atoms with van der Waals surface area (Å²) < 4.78 is 0. The molecule has 1 aromatic heterocycles. The second kappa shape index (κ2) is 6.15. The summed E-state index contributed by atoms with van der Waals surface area (Å²) in [5.74, 6) is 0.679. The zero-order chi connectivity index (χ0) is 14.5. The third-order valence-corrected chi connectivity index (χ3v) is 3.07. The number of fused-ring (bicyclic) bond motifs is 1. The van der Waals surface area contributed by atoms with Gasteiger partial charge in [-0.05, 0) is 36.5 Å². The van der Waals surface area contributed by atoms with E-state index >= 15 is 0 Å². The predicted molar refractivity (Wildman–Crippen MR) is 89.0 cm³/mol. The first kappa shape index (κ1) is 13.3. The zero-order valence-electron chi connectivity index (χ0n) is 11.1. The lowest BCUT2D eigenvalue weighted by Crippen LogP contribution is -2.33. The largest absolute Gasteiger partial charge is 0.331 e. The monoisotopic (exact) mass is 295 g/mol. The molecule has 3 N–H and O–H groups in total. The van der Waals surface area contributed by atoms with Crippen LogP contribution in [-0.2, 0) is 0 Å². The predicted octanol–water partition coefficient (Wildman–Crippen LogP) is 2.94. The van der Waals surface area contributed by atoms with Gasteiger partial charge in [0.05, 0.1) is 5.52 Å². The van der Waals surface area contributed by atoms with Crippen LogP contribution in [0.3, 0.4) is 0 Å². The van der Waals surface area contributed by atoms with E-state index in [9.17, 15) is 0 Å². The highest BCUT2D eigenvalue weighted by Gasteiger charge is 2.03. The molecular weight excluding hydrogens is 282 g/mol. The molecule has 1 heterocycles. The fourth-order valence-corrected chi connectivity index (χ4v) is 2.07. The van der Waals surface area contributed by atoms with Crippen LogP contribution >= 0.6 is 12.2 Å². The summed E-state index contributed by atoms with van der Waals surface area (Å²) in [7, 11) is 0. The van der Waals surface area contributed by atoms with Gasteiger partial charge in [0, 0.05) is 11.1 Å². The number of nitrogens with one attached hydrogen (secondary N) is 3. The van der Waals surface area contributed by atoms with Gasteiger partial charge in [0.2, 0.25) is 0 Å². The smallest absolute Gasteiger partial charge is 0.189 e. The summed E-state index contributed by atoms with van der Waals surface area (Å²) >= 11 is 5.23. The molecule has 0 unspecified atom stereocenters. The Kier molecular flexibility index (Phi) is 3.88. The van der Waals surface area contributed by atoms with Crippen molar-refractivity contribution in [1.82, 2.24) is 15.4 Å². The normalized spacial score (nSPS) is 10.1. The van der Waals surface area contributed by atoms with Crippen LogP contribution in [0.25, 0.3) is 10.9 Å². The van der Waals surface area contributed by atoms with E-state index < -0.39 is 0 Å². The summed E-state index contributed by atoms with van der Waals surface area (Å²) in [6.45, 7) is 0. The van der Waals surface area contributed by atoms with E-state index in [4.69, 9.17) is 12.2 Å². The topological polar surface area (TPSA) is 61.9 Å². The highest BCUT2D eigenvalue weighted by atomic mass is 32.1. The number of hydrogen-bond acceptors (Lipinski definition) is 4. The molecule has 0 amide bonds. The zero-order valence-corrected chi connectivity index (χ0v) is 11.9. The second-order valence-corrected chi connectivity index (χ2v) is 4.72. The van der Waals surface area contributed by atoms with E-state index in [1.54, 1.807) is 0 Å². The standard InChI is InChI=1S/C15H13N5S/c21-15(18-11-6-2-1-3-7-11)20-19-14-12-8-4-5-9-13(12)16-10-17-14/h1-10H,(H,16,17,19)(H2,18,20,21). The molecular formula is C15H13N5S. The van der Waals surface area contributed by atoms with Gasteiger partial charge in [-0.1, -0.05) is 30.3 Å². The number of hydrazine groups is 1. The number of rotatable bonds is 3. The Morgan fingerprint density at radius 1 is 0.905 bits per heavy atom. The first-order valence-corrected chi connectivity index (χ1v) is 6.81. The average Bonchev–Trinajstić information content (AvgIpc) is 2.54. The van der Waals surface area contributed by atoms with Crippen molar-refractivity contribution in [1.29, 1.82) is 0 Å². The van der Waals surface area contributed by atoms with Crippen LogP contribution < -0.4 is 16.2 Å². The van der Waals surface area contributed by atoms with Gasteiger partial charge in [0.25, 0.3) is 0 Å². The Hall–Kier alpha value is -2.73. The third-order valence-electron chi connectivity index (χ3n) is 2.87. The molecule has 0 saturated carbocycles. The molecule has 104 valence electrons. The van der Waals surface area contributed by atoms with Gasteiger partial charge in [-0.25, -0.2) is 9.97 Å². The van der Waals surface area contributed by atoms with E-state index in [2.05, 4.69) is 26.1 Å². The van der Waals surface area contributed by atoms with Crippen LogP contribution in [0.15, 0.2) is 60.9 Å². The van der Waals surface area contributed by atoms with E-state index in [1.165, 1.54) is 6.33 Å². The van der Waals surface area contributed by atoms with Gasteiger partial charge >= 0.3 is 0 Å². The summed E-state index contributed by atoms with van der Waals surface area (Å²) in [5.41, 5.74) is 7.72. The lowest BCUT2D eigenvalue weighted by atomic mass is 10.2. The fourth-order valence-electron chi connectivity index (χ4n) is 1.90. The molecule has 6 heteroatoms. The number of benzene rings is 2. The highest BCUT2D eigenvalue weighted by Crippen LogP contribution is 2.17. The number of anilines is 2. The number of hydrogen-bond donors (Lipinski definition) is 3. The van der Waals surface area contributed by atoms with Crippen LogP contribution in [0, 0.1) is 0 Å². The van der Waals surface area contributed by atoms with Gasteiger partial charge < -0.3 is 5.32 Å². The molecule has 0 saturated heterocycles. The first-order valence-electron chi connectivity index (χ1n) is 6.41. The molecule has 5 nitrogen and oxygen atoms in total. The van der Waals surface area contributed by atoms with E-state index in [0.717, 1.165) is 16.6 Å². The van der Waals surface area contributed by atoms with Crippen LogP contribution in [0.5, 0.6) is 0 Å². The van der Waals surface area contributed by atoms with E-state index in [1.807, 2.05) is 54.6 Å². The van der Waals surface area contributed by atoms with Gasteiger partial charge in [0.15, 0.2) is 10.9 Å². The Bertz CT molecular complexity index is 755. The summed E-state index contributed by atoms with van der Waals surface area (Å²) in [4.78, 5) is 8.42. The van der Waals surface area contributed by atoms with Crippen molar-refractivity contribution in [3.05, 3.63) is 60.9 Å². The molecule has 0 aliphatic carbocycles. The summed E-state index contributed by atoms with van der Waals surface area (Å²) in [6, 6.07) is 17.5. The number of para-hydroxylation sites is 2. The Balaban J connectivity index is 1.68. The molecule has 0 bridgehead atoms. The minimum atomic E-state index is 0.462. The Labute approximate surface area is 127 Å². The molecule has 0 aliphatic heterocycles. The van der Waals surface area contributed by atoms with Crippen molar-refractivity contribution in [2.75, 3.05) is 10.7 Å². The molecule has 0 radical (unpaired) electrons. The maximum Gasteiger partial charge on any atom is 0.189 e. The van der Waals surface area contributed by atoms with Gasteiger partial charge in [-0.2, -0.15) is 0 Å². The Morgan fingerprint density at radius 3 is 2.52 bits per heavy atom.